The van der Waals surface area contributed by atoms with E-state index in [0.717, 1.165) is 37.4 Å². The Morgan fingerprint density at radius 1 is 1.04 bits per heavy atom. The van der Waals surface area contributed by atoms with Crippen molar-refractivity contribution in [3.8, 4) is 11.5 Å². The van der Waals surface area contributed by atoms with E-state index in [-0.39, 0.29) is 11.9 Å². The first-order valence-electron chi connectivity index (χ1n) is 10.7. The van der Waals surface area contributed by atoms with Gasteiger partial charge in [-0.2, -0.15) is 0 Å². The first kappa shape index (κ1) is 19.4. The third kappa shape index (κ3) is 3.66. The highest BCUT2D eigenvalue weighted by molar-refractivity contribution is 5.98. The van der Waals surface area contributed by atoms with Crippen LogP contribution in [0.4, 0.5) is 5.69 Å². The topological polar surface area (TPSA) is 76.8 Å². The van der Waals surface area contributed by atoms with Crippen LogP contribution in [0.15, 0.2) is 12.1 Å². The molecule has 4 rings (SSSR count). The molecule has 3 aliphatic rings. The lowest BCUT2D eigenvalue weighted by Gasteiger charge is -2.47. The van der Waals surface area contributed by atoms with Crippen LogP contribution in [0.2, 0.25) is 0 Å². The highest BCUT2D eigenvalue weighted by atomic mass is 16.5. The third-order valence-corrected chi connectivity index (χ3v) is 7.04. The zero-order valence-electron chi connectivity index (χ0n) is 17.1. The number of benzene rings is 1. The highest BCUT2D eigenvalue weighted by Crippen LogP contribution is 2.43. The maximum atomic E-state index is 12.9. The molecule has 28 heavy (non-hydrogen) atoms. The van der Waals surface area contributed by atoms with Crippen molar-refractivity contribution in [3.05, 3.63) is 17.7 Å². The average molecular weight is 388 g/mol. The number of anilines is 1. The molecule has 0 radical (unpaired) electrons. The first-order valence-corrected chi connectivity index (χ1v) is 10.7. The van der Waals surface area contributed by atoms with E-state index in [0.29, 0.717) is 22.7 Å². The summed E-state index contributed by atoms with van der Waals surface area (Å²) in [5.74, 6) is 2.61. The number of nitrogen functional groups attached to an aromatic ring is 1. The second-order valence-electron chi connectivity index (χ2n) is 8.62. The number of fused-ring (bicyclic) bond motifs is 2. The molecule has 1 unspecified atom stereocenters. The monoisotopic (exact) mass is 387 g/mol. The van der Waals surface area contributed by atoms with Crippen LogP contribution in [0, 0.1) is 11.8 Å². The second kappa shape index (κ2) is 8.19. The number of nitrogens with two attached hydrogens (primary N) is 1. The van der Waals surface area contributed by atoms with E-state index in [1.165, 1.54) is 38.5 Å². The normalized spacial score (nSPS) is 30.1. The van der Waals surface area contributed by atoms with Gasteiger partial charge in [0.25, 0.3) is 5.91 Å². The Balaban J connectivity index is 1.42. The largest absolute Gasteiger partial charge is 0.496 e. The fourth-order valence-electron chi connectivity index (χ4n) is 5.78. The number of rotatable bonds is 5. The summed E-state index contributed by atoms with van der Waals surface area (Å²) in [6, 6.07) is 4.23. The van der Waals surface area contributed by atoms with Crippen molar-refractivity contribution in [2.75, 3.05) is 33.0 Å². The molecule has 2 bridgehead atoms. The van der Waals surface area contributed by atoms with Gasteiger partial charge in [0.2, 0.25) is 0 Å². The van der Waals surface area contributed by atoms with Crippen LogP contribution in [-0.2, 0) is 0 Å². The molecule has 0 spiro atoms. The fraction of sp³-hybridized carbons (Fsp3) is 0.682. The molecule has 1 amide bonds. The summed E-state index contributed by atoms with van der Waals surface area (Å²) in [7, 11) is 3.11. The van der Waals surface area contributed by atoms with E-state index < -0.39 is 0 Å². The Morgan fingerprint density at radius 3 is 2.29 bits per heavy atom. The molecule has 1 saturated heterocycles. The predicted molar refractivity (Wildman–Crippen MR) is 110 cm³/mol. The molecule has 1 heterocycles. The quantitative estimate of drug-likeness (QED) is 0.760. The fourth-order valence-corrected chi connectivity index (χ4v) is 5.78. The molecule has 1 aromatic carbocycles. The van der Waals surface area contributed by atoms with Crippen molar-refractivity contribution in [2.24, 2.45) is 11.8 Å². The van der Waals surface area contributed by atoms with Crippen molar-refractivity contribution in [3.63, 3.8) is 0 Å². The number of ether oxygens (including phenoxy) is 2. The molecule has 3 N–H and O–H groups in total. The molecule has 3 fully saturated rings. The smallest absolute Gasteiger partial charge is 0.255 e. The van der Waals surface area contributed by atoms with Gasteiger partial charge in [-0.25, -0.2) is 0 Å². The summed E-state index contributed by atoms with van der Waals surface area (Å²) in [5, 5.41) is 3.21. The van der Waals surface area contributed by atoms with E-state index in [1.54, 1.807) is 26.4 Å². The van der Waals surface area contributed by atoms with Crippen molar-refractivity contribution in [1.82, 2.24) is 10.2 Å². The van der Waals surface area contributed by atoms with Gasteiger partial charge in [0.1, 0.15) is 11.5 Å². The number of amides is 1. The van der Waals surface area contributed by atoms with Gasteiger partial charge in [0.05, 0.1) is 25.5 Å². The molecular formula is C22H33N3O3. The van der Waals surface area contributed by atoms with Crippen LogP contribution in [-0.4, -0.2) is 50.2 Å². The minimum atomic E-state index is -0.123. The Morgan fingerprint density at radius 2 is 1.68 bits per heavy atom. The van der Waals surface area contributed by atoms with Crippen LogP contribution >= 0.6 is 0 Å². The van der Waals surface area contributed by atoms with E-state index in [9.17, 15) is 4.79 Å². The Kier molecular flexibility index (Phi) is 5.67. The zero-order chi connectivity index (χ0) is 19.7. The number of carbonyl (C=O) groups excluding carboxylic acids is 1. The zero-order valence-corrected chi connectivity index (χ0v) is 17.1. The standard InChI is InChI=1S/C22H33N3O3/c1-27-19-12-20(28-2)18(23)11-17(19)22(26)24-16-9-10-25(13-16)21-14-5-3-6-15(21)8-4-7-14/h11-12,14-16,21H,3-10,13,23H2,1-2H3,(H,24,26). The van der Waals surface area contributed by atoms with E-state index in [1.807, 2.05) is 0 Å². The molecule has 1 aromatic rings. The number of hydrogen-bond acceptors (Lipinski definition) is 5. The van der Waals surface area contributed by atoms with Gasteiger partial charge in [0, 0.05) is 31.2 Å². The Hall–Kier alpha value is -1.95. The molecule has 2 saturated carbocycles. The number of hydrogen-bond donors (Lipinski definition) is 2. The lowest BCUT2D eigenvalue weighted by atomic mass is 9.68. The number of nitrogens with one attached hydrogen (secondary N) is 1. The van der Waals surface area contributed by atoms with Gasteiger partial charge in [0.15, 0.2) is 0 Å². The summed E-state index contributed by atoms with van der Waals surface area (Å²) in [6.45, 7) is 2.04. The van der Waals surface area contributed by atoms with Gasteiger partial charge in [-0.1, -0.05) is 12.8 Å². The number of methoxy groups -OCH3 is 2. The SMILES string of the molecule is COc1cc(OC)c(C(=O)NC2CCN(C3C4CCCC3CCC4)C2)cc1N. The predicted octanol–water partition coefficient (Wildman–Crippen LogP) is 3.06. The van der Waals surface area contributed by atoms with Gasteiger partial charge in [-0.05, 0) is 50.0 Å². The van der Waals surface area contributed by atoms with Crippen molar-refractivity contribution < 1.29 is 14.3 Å². The van der Waals surface area contributed by atoms with E-state index >= 15 is 0 Å². The number of likely N-dealkylation sites (tertiary alicyclic amines) is 1. The van der Waals surface area contributed by atoms with Gasteiger partial charge in [-0.3, -0.25) is 9.69 Å². The summed E-state index contributed by atoms with van der Waals surface area (Å²) in [6.07, 6.45) is 9.36. The Labute approximate surface area is 167 Å². The van der Waals surface area contributed by atoms with E-state index in [4.69, 9.17) is 15.2 Å². The molecule has 1 aliphatic heterocycles. The summed E-state index contributed by atoms with van der Waals surface area (Å²) >= 11 is 0. The molecular weight excluding hydrogens is 354 g/mol. The van der Waals surface area contributed by atoms with E-state index in [2.05, 4.69) is 10.2 Å². The average Bonchev–Trinajstić information content (AvgIpc) is 3.15. The van der Waals surface area contributed by atoms with Gasteiger partial charge < -0.3 is 20.5 Å². The molecule has 6 heteroatoms. The highest BCUT2D eigenvalue weighted by Gasteiger charge is 2.42. The third-order valence-electron chi connectivity index (χ3n) is 7.04. The maximum Gasteiger partial charge on any atom is 0.255 e. The second-order valence-corrected chi connectivity index (χ2v) is 8.62. The maximum absolute atomic E-state index is 12.9. The van der Waals surface area contributed by atoms with Crippen molar-refractivity contribution >= 4 is 11.6 Å². The lowest BCUT2D eigenvalue weighted by molar-refractivity contribution is 0.0346. The summed E-state index contributed by atoms with van der Waals surface area (Å²) < 4.78 is 10.6. The van der Waals surface area contributed by atoms with Crippen LogP contribution in [0.5, 0.6) is 11.5 Å². The molecule has 1 atom stereocenters. The van der Waals surface area contributed by atoms with Crippen LogP contribution in [0.1, 0.15) is 55.3 Å². The number of nitrogens with zero attached hydrogens (tertiary/aromatic N) is 1. The molecule has 0 aromatic heterocycles. The molecule has 2 aliphatic carbocycles. The lowest BCUT2D eigenvalue weighted by Crippen LogP contribution is -2.50. The van der Waals surface area contributed by atoms with Crippen LogP contribution < -0.4 is 20.5 Å². The van der Waals surface area contributed by atoms with Crippen molar-refractivity contribution in [1.29, 1.82) is 0 Å². The first-order chi connectivity index (χ1) is 13.6. The molecule has 6 nitrogen and oxygen atoms in total. The minimum absolute atomic E-state index is 0.123. The summed E-state index contributed by atoms with van der Waals surface area (Å²) in [5.41, 5.74) is 6.91. The Bertz CT molecular complexity index is 701. The van der Waals surface area contributed by atoms with Gasteiger partial charge in [-0.15, -0.1) is 0 Å². The number of carbonyl (C=O) groups is 1. The van der Waals surface area contributed by atoms with Crippen LogP contribution in [0.3, 0.4) is 0 Å². The molecule has 154 valence electrons. The van der Waals surface area contributed by atoms with Gasteiger partial charge >= 0.3 is 0 Å². The minimum Gasteiger partial charge on any atom is -0.496 e. The summed E-state index contributed by atoms with van der Waals surface area (Å²) in [4.78, 5) is 15.6. The van der Waals surface area contributed by atoms with Crippen LogP contribution in [0.25, 0.3) is 0 Å². The van der Waals surface area contributed by atoms with Crippen molar-refractivity contribution in [2.45, 2.75) is 57.0 Å².